The predicted molar refractivity (Wildman–Crippen MR) is 158 cm³/mol. The lowest BCUT2D eigenvalue weighted by Gasteiger charge is -2.50. The number of nitrogens with zero attached hydrogens (tertiary/aromatic N) is 3. The van der Waals surface area contributed by atoms with Crippen LogP contribution < -0.4 is 4.90 Å². The normalized spacial score (nSPS) is 26.5. The number of rotatable bonds is 7. The van der Waals surface area contributed by atoms with Crippen molar-refractivity contribution in [3.8, 4) is 11.3 Å². The lowest BCUT2D eigenvalue weighted by Crippen LogP contribution is -2.50. The monoisotopic (exact) mass is 609 g/mol. The zero-order valence-electron chi connectivity index (χ0n) is 23.1. The molecule has 2 saturated heterocycles. The second kappa shape index (κ2) is 9.46. The number of halogens is 3. The van der Waals surface area contributed by atoms with Crippen molar-refractivity contribution < 1.29 is 23.6 Å². The number of ether oxygens (including phenoxy) is 1. The second-order valence-corrected chi connectivity index (χ2v) is 13.4. The molecule has 0 radical (unpaired) electrons. The van der Waals surface area contributed by atoms with Crippen molar-refractivity contribution in [2.24, 2.45) is 12.5 Å². The van der Waals surface area contributed by atoms with Gasteiger partial charge in [-0.2, -0.15) is 0 Å². The first-order chi connectivity index (χ1) is 20.2. The van der Waals surface area contributed by atoms with Crippen LogP contribution >= 0.6 is 23.2 Å². The Labute approximate surface area is 252 Å². The maximum absolute atomic E-state index is 15.6. The van der Waals surface area contributed by atoms with Crippen LogP contribution in [-0.4, -0.2) is 39.0 Å². The van der Waals surface area contributed by atoms with E-state index in [0.717, 1.165) is 61.8 Å². The molecule has 1 N–H and O–H groups in total. The van der Waals surface area contributed by atoms with Crippen LogP contribution in [0, 0.1) is 11.2 Å². The minimum atomic E-state index is -1.05. The van der Waals surface area contributed by atoms with Crippen LogP contribution in [0.2, 0.25) is 10.0 Å². The molecular formula is C32H30Cl2FN3O4. The molecule has 0 amide bonds. The SMILES string of the molecule is Cn1cc(C(=O)O)c2cc(F)c(N3C4CCC3C3(CC(OCc5c(-c6c(Cl)cccc6Cl)noc5C5CC5)C3)C4)cc21. The van der Waals surface area contributed by atoms with E-state index in [0.29, 0.717) is 44.9 Å². The molecule has 1 spiro atoms. The molecule has 2 saturated carbocycles. The molecular weight excluding hydrogens is 580 g/mol. The Morgan fingerprint density at radius 2 is 1.93 bits per heavy atom. The van der Waals surface area contributed by atoms with Crippen LogP contribution in [0.3, 0.4) is 0 Å². The third-order valence-electron chi connectivity index (χ3n) is 10.1. The number of carboxylic acids is 1. The van der Waals surface area contributed by atoms with Gasteiger partial charge in [0.15, 0.2) is 0 Å². The minimum Gasteiger partial charge on any atom is -0.478 e. The fraction of sp³-hybridized carbons (Fsp3) is 0.438. The largest absolute Gasteiger partial charge is 0.478 e. The lowest BCUT2D eigenvalue weighted by atomic mass is 9.59. The molecule has 8 rings (SSSR count). The molecule has 2 aliphatic carbocycles. The van der Waals surface area contributed by atoms with Gasteiger partial charge in [0, 0.05) is 47.8 Å². The van der Waals surface area contributed by atoms with Crippen molar-refractivity contribution >= 4 is 45.8 Å². The van der Waals surface area contributed by atoms with Crippen molar-refractivity contribution in [3.63, 3.8) is 0 Å². The van der Waals surface area contributed by atoms with Crippen molar-refractivity contribution in [1.82, 2.24) is 9.72 Å². The number of aromatic carboxylic acids is 1. The molecule has 218 valence electrons. The molecule has 2 atom stereocenters. The first kappa shape index (κ1) is 26.5. The highest BCUT2D eigenvalue weighted by atomic mass is 35.5. The number of anilines is 1. The Kier molecular flexibility index (Phi) is 5.98. The van der Waals surface area contributed by atoms with Gasteiger partial charge in [0.05, 0.1) is 39.5 Å². The summed E-state index contributed by atoms with van der Waals surface area (Å²) in [6.45, 7) is 0.384. The molecule has 42 heavy (non-hydrogen) atoms. The Morgan fingerprint density at radius 1 is 1.17 bits per heavy atom. The van der Waals surface area contributed by atoms with Gasteiger partial charge in [-0.3, -0.25) is 0 Å². The van der Waals surface area contributed by atoms with Crippen LogP contribution in [0.4, 0.5) is 10.1 Å². The average molecular weight is 611 g/mol. The summed E-state index contributed by atoms with van der Waals surface area (Å²) in [4.78, 5) is 14.0. The molecule has 4 aromatic rings. The zero-order valence-corrected chi connectivity index (χ0v) is 24.6. The Morgan fingerprint density at radius 3 is 2.64 bits per heavy atom. The van der Waals surface area contributed by atoms with Crippen LogP contribution in [0.1, 0.15) is 72.5 Å². The van der Waals surface area contributed by atoms with Gasteiger partial charge >= 0.3 is 5.97 Å². The summed E-state index contributed by atoms with van der Waals surface area (Å²) in [6.07, 6.45) is 8.73. The third kappa shape index (κ3) is 3.95. The van der Waals surface area contributed by atoms with E-state index < -0.39 is 5.97 Å². The summed E-state index contributed by atoms with van der Waals surface area (Å²) in [5, 5.41) is 15.4. The zero-order chi connectivity index (χ0) is 28.9. The third-order valence-corrected chi connectivity index (χ3v) is 10.7. The average Bonchev–Trinajstić information content (AvgIpc) is 3.28. The van der Waals surface area contributed by atoms with Crippen LogP contribution in [0.15, 0.2) is 41.1 Å². The second-order valence-electron chi connectivity index (χ2n) is 12.6. The first-order valence-electron chi connectivity index (χ1n) is 14.6. The smallest absolute Gasteiger partial charge is 0.337 e. The number of hydrogen-bond acceptors (Lipinski definition) is 5. The predicted octanol–water partition coefficient (Wildman–Crippen LogP) is 7.96. The molecule has 4 fully saturated rings. The Hall–Kier alpha value is -3.07. The maximum Gasteiger partial charge on any atom is 0.337 e. The van der Waals surface area contributed by atoms with Crippen molar-refractivity contribution in [2.45, 2.75) is 75.7 Å². The molecule has 7 nitrogen and oxygen atoms in total. The van der Waals surface area contributed by atoms with Gasteiger partial charge in [-0.1, -0.05) is 34.4 Å². The molecule has 2 unspecified atom stereocenters. The summed E-state index contributed by atoms with van der Waals surface area (Å²) in [6, 6.07) is 9.16. The van der Waals surface area contributed by atoms with Gasteiger partial charge in [0.1, 0.15) is 17.3 Å². The standard InChI is InChI=1S/C32H30Cl2FN3O4/c1-37-14-20(31(39)40)19-9-24(35)26(10-25(19)37)38-17-7-8-27(38)32(11-17)12-18(13-32)41-15-21-29(36-42-30(21)16-5-6-16)28-22(33)3-2-4-23(28)34/h2-4,9-10,14,16-18,27H,5-8,11-13,15H2,1H3,(H,39,40). The molecule has 2 aliphatic heterocycles. The topological polar surface area (TPSA) is 80.7 Å². The highest BCUT2D eigenvalue weighted by Gasteiger charge is 2.61. The van der Waals surface area contributed by atoms with E-state index in [-0.39, 0.29) is 35.0 Å². The van der Waals surface area contributed by atoms with Crippen LogP contribution in [0.25, 0.3) is 22.2 Å². The summed E-state index contributed by atoms with van der Waals surface area (Å²) in [5.41, 5.74) is 3.79. The van der Waals surface area contributed by atoms with E-state index in [2.05, 4.69) is 10.1 Å². The van der Waals surface area contributed by atoms with Crippen LogP contribution in [-0.2, 0) is 18.4 Å². The maximum atomic E-state index is 15.6. The molecule has 2 aromatic heterocycles. The molecule has 2 bridgehead atoms. The first-order valence-corrected chi connectivity index (χ1v) is 15.3. The van der Waals surface area contributed by atoms with E-state index in [4.69, 9.17) is 32.5 Å². The summed E-state index contributed by atoms with van der Waals surface area (Å²) in [5.74, 6) is -0.172. The van der Waals surface area contributed by atoms with Gasteiger partial charge in [-0.05, 0) is 74.6 Å². The number of carboxylic acid groups (broad SMARTS) is 1. The molecule has 10 heteroatoms. The summed E-state index contributed by atoms with van der Waals surface area (Å²) in [7, 11) is 1.81. The van der Waals surface area contributed by atoms with Gasteiger partial charge in [-0.25, -0.2) is 9.18 Å². The van der Waals surface area contributed by atoms with Gasteiger partial charge in [-0.15, -0.1) is 0 Å². The number of aromatic nitrogens is 2. The number of carbonyl (C=O) groups is 1. The van der Waals surface area contributed by atoms with E-state index in [1.807, 2.05) is 12.1 Å². The Balaban J connectivity index is 1.02. The summed E-state index contributed by atoms with van der Waals surface area (Å²) >= 11 is 13.1. The van der Waals surface area contributed by atoms with E-state index in [1.165, 1.54) is 6.07 Å². The van der Waals surface area contributed by atoms with Crippen LogP contribution in [0.5, 0.6) is 0 Å². The van der Waals surface area contributed by atoms with Gasteiger partial charge < -0.3 is 23.8 Å². The molecule has 4 heterocycles. The lowest BCUT2D eigenvalue weighted by molar-refractivity contribution is -0.0968. The Bertz CT molecular complexity index is 1740. The van der Waals surface area contributed by atoms with Crippen molar-refractivity contribution in [3.05, 3.63) is 69.3 Å². The molecule has 4 aliphatic rings. The highest BCUT2D eigenvalue weighted by Crippen LogP contribution is 2.62. The summed E-state index contributed by atoms with van der Waals surface area (Å²) < 4.78 is 29.6. The number of hydrogen-bond donors (Lipinski definition) is 1. The van der Waals surface area contributed by atoms with E-state index in [1.54, 1.807) is 29.9 Å². The minimum absolute atomic E-state index is 0.0955. The number of aryl methyl sites for hydroxylation is 1. The fourth-order valence-corrected chi connectivity index (χ4v) is 8.64. The highest BCUT2D eigenvalue weighted by molar-refractivity contribution is 6.39. The van der Waals surface area contributed by atoms with Gasteiger partial charge in [0.25, 0.3) is 0 Å². The van der Waals surface area contributed by atoms with Gasteiger partial charge in [0.2, 0.25) is 0 Å². The van der Waals surface area contributed by atoms with Crippen molar-refractivity contribution in [1.29, 1.82) is 0 Å². The van der Waals surface area contributed by atoms with Crippen molar-refractivity contribution in [2.75, 3.05) is 4.90 Å². The number of fused-ring (bicyclic) bond motifs is 4. The quantitative estimate of drug-likeness (QED) is 0.229. The fourth-order valence-electron chi connectivity index (χ4n) is 8.07. The van der Waals surface area contributed by atoms with E-state index >= 15 is 4.39 Å². The number of benzene rings is 2. The van der Waals surface area contributed by atoms with E-state index in [9.17, 15) is 9.90 Å². The molecule has 2 aromatic carbocycles.